The Morgan fingerprint density at radius 2 is 1.86 bits per heavy atom. The molecule has 4 rings (SSSR count). The van der Waals surface area contributed by atoms with Crippen molar-refractivity contribution < 1.29 is 27.5 Å². The molecule has 0 saturated carbocycles. The molecule has 3 heterocycles. The standard InChI is InChI=1S/C25H30F3N5O3/c1-16-3-4-20(30-24(35)33-6-5-18(15-33)14-25(26,27)28)13-21(16)19-11-22(29-17(2)34)31-23(12-19)32-7-9-36-10-8-32/h3-4,11-13,18H,5-10,14-15H2,1-2H3,(H,30,35)(H,29,31,34)/t18-/m0/s1. The summed E-state index contributed by atoms with van der Waals surface area (Å²) in [5.41, 5.74) is 3.14. The summed E-state index contributed by atoms with van der Waals surface area (Å²) in [5.74, 6) is 0.316. The van der Waals surface area contributed by atoms with Gasteiger partial charge in [-0.3, -0.25) is 4.79 Å². The number of nitrogens with zero attached hydrogens (tertiary/aromatic N) is 3. The number of carbonyl (C=O) groups excluding carboxylic acids is 2. The number of hydrogen-bond acceptors (Lipinski definition) is 5. The minimum atomic E-state index is -4.23. The van der Waals surface area contributed by atoms with Gasteiger partial charge in [0.25, 0.3) is 0 Å². The number of hydrogen-bond donors (Lipinski definition) is 2. The topological polar surface area (TPSA) is 86.8 Å². The van der Waals surface area contributed by atoms with E-state index in [0.29, 0.717) is 56.6 Å². The molecule has 0 aliphatic carbocycles. The van der Waals surface area contributed by atoms with Gasteiger partial charge in [0.15, 0.2) is 0 Å². The number of pyridine rings is 1. The van der Waals surface area contributed by atoms with Crippen molar-refractivity contribution in [2.24, 2.45) is 5.92 Å². The fourth-order valence-electron chi connectivity index (χ4n) is 4.59. The molecule has 2 N–H and O–H groups in total. The van der Waals surface area contributed by atoms with Gasteiger partial charge in [-0.1, -0.05) is 6.07 Å². The lowest BCUT2D eigenvalue weighted by atomic mass is 10.00. The number of amides is 3. The van der Waals surface area contributed by atoms with Crippen LogP contribution in [-0.4, -0.2) is 67.4 Å². The molecule has 1 aromatic heterocycles. The summed E-state index contributed by atoms with van der Waals surface area (Å²) in [6.45, 7) is 6.25. The van der Waals surface area contributed by atoms with Crippen molar-refractivity contribution in [3.05, 3.63) is 35.9 Å². The summed E-state index contributed by atoms with van der Waals surface area (Å²) < 4.78 is 43.6. The first-order valence-electron chi connectivity index (χ1n) is 11.9. The first-order chi connectivity index (χ1) is 17.1. The highest BCUT2D eigenvalue weighted by molar-refractivity contribution is 5.92. The van der Waals surface area contributed by atoms with Crippen LogP contribution in [-0.2, 0) is 9.53 Å². The number of nitrogens with one attached hydrogen (secondary N) is 2. The Morgan fingerprint density at radius 3 is 2.56 bits per heavy atom. The Kier molecular flexibility index (Phi) is 7.67. The number of anilines is 3. The molecule has 1 atom stereocenters. The maximum atomic E-state index is 12.8. The number of aryl methyl sites for hydroxylation is 1. The van der Waals surface area contributed by atoms with Crippen molar-refractivity contribution in [3.63, 3.8) is 0 Å². The van der Waals surface area contributed by atoms with Crippen molar-refractivity contribution in [1.82, 2.24) is 9.88 Å². The molecule has 11 heteroatoms. The molecule has 2 fully saturated rings. The molecule has 0 spiro atoms. The second-order valence-corrected chi connectivity index (χ2v) is 9.26. The molecule has 2 aromatic rings. The summed E-state index contributed by atoms with van der Waals surface area (Å²) in [6, 6.07) is 8.76. The summed E-state index contributed by atoms with van der Waals surface area (Å²) in [6.07, 6.45) is -4.78. The van der Waals surface area contributed by atoms with Crippen molar-refractivity contribution in [3.8, 4) is 11.1 Å². The van der Waals surface area contributed by atoms with Crippen molar-refractivity contribution in [2.45, 2.75) is 32.9 Å². The maximum absolute atomic E-state index is 12.8. The Balaban J connectivity index is 1.55. The second-order valence-electron chi connectivity index (χ2n) is 9.26. The minimum absolute atomic E-state index is 0.0808. The third kappa shape index (κ3) is 6.66. The number of ether oxygens (including phenoxy) is 1. The van der Waals surface area contributed by atoms with Crippen LogP contribution in [0.15, 0.2) is 30.3 Å². The van der Waals surface area contributed by atoms with Crippen molar-refractivity contribution >= 4 is 29.3 Å². The highest BCUT2D eigenvalue weighted by Gasteiger charge is 2.36. The van der Waals surface area contributed by atoms with Crippen LogP contribution in [0.4, 0.5) is 35.3 Å². The Morgan fingerprint density at radius 1 is 1.11 bits per heavy atom. The van der Waals surface area contributed by atoms with E-state index in [1.807, 2.05) is 25.1 Å². The Hall–Kier alpha value is -3.34. The number of benzene rings is 1. The summed E-state index contributed by atoms with van der Waals surface area (Å²) in [5, 5.41) is 5.58. The highest BCUT2D eigenvalue weighted by Crippen LogP contribution is 2.33. The van der Waals surface area contributed by atoms with E-state index in [1.165, 1.54) is 11.8 Å². The van der Waals surface area contributed by atoms with Crippen LogP contribution in [0.3, 0.4) is 0 Å². The zero-order valence-electron chi connectivity index (χ0n) is 20.3. The van der Waals surface area contributed by atoms with E-state index in [1.54, 1.807) is 12.1 Å². The average molecular weight is 506 g/mol. The number of carbonyl (C=O) groups is 2. The molecule has 36 heavy (non-hydrogen) atoms. The van der Waals surface area contributed by atoms with Gasteiger partial charge in [0.2, 0.25) is 5.91 Å². The zero-order valence-corrected chi connectivity index (χ0v) is 20.3. The van der Waals surface area contributed by atoms with Crippen molar-refractivity contribution in [1.29, 1.82) is 0 Å². The van der Waals surface area contributed by atoms with Gasteiger partial charge in [0.1, 0.15) is 11.6 Å². The predicted octanol–water partition coefficient (Wildman–Crippen LogP) is 4.66. The number of alkyl halides is 3. The van der Waals surface area contributed by atoms with Crippen LogP contribution < -0.4 is 15.5 Å². The predicted molar refractivity (Wildman–Crippen MR) is 131 cm³/mol. The first kappa shape index (κ1) is 25.7. The van der Waals surface area contributed by atoms with Crippen LogP contribution in [0.2, 0.25) is 0 Å². The van der Waals surface area contributed by atoms with Gasteiger partial charge < -0.3 is 25.2 Å². The molecular formula is C25H30F3N5O3. The molecule has 0 radical (unpaired) electrons. The summed E-state index contributed by atoms with van der Waals surface area (Å²) >= 11 is 0. The molecular weight excluding hydrogens is 475 g/mol. The quantitative estimate of drug-likeness (QED) is 0.618. The molecule has 194 valence electrons. The van der Waals surface area contributed by atoms with E-state index in [0.717, 1.165) is 16.7 Å². The molecule has 2 aliphatic heterocycles. The van der Waals surface area contributed by atoms with Gasteiger partial charge in [-0.05, 0) is 60.2 Å². The van der Waals surface area contributed by atoms with Gasteiger partial charge in [0.05, 0.1) is 13.2 Å². The smallest absolute Gasteiger partial charge is 0.378 e. The second kappa shape index (κ2) is 10.7. The number of aromatic nitrogens is 1. The van der Waals surface area contributed by atoms with Crippen LogP contribution in [0, 0.1) is 12.8 Å². The maximum Gasteiger partial charge on any atom is 0.389 e. The largest absolute Gasteiger partial charge is 0.389 e. The third-order valence-electron chi connectivity index (χ3n) is 6.34. The van der Waals surface area contributed by atoms with Gasteiger partial charge in [0, 0.05) is 45.2 Å². The molecule has 0 bridgehead atoms. The number of halogens is 3. The SMILES string of the molecule is CC(=O)Nc1cc(-c2cc(NC(=O)N3CC[C@@H](CC(F)(F)F)C3)ccc2C)cc(N2CCOCC2)n1. The van der Waals surface area contributed by atoms with E-state index in [4.69, 9.17) is 4.74 Å². The van der Waals surface area contributed by atoms with Crippen LogP contribution >= 0.6 is 0 Å². The van der Waals surface area contributed by atoms with Crippen LogP contribution in [0.5, 0.6) is 0 Å². The van der Waals surface area contributed by atoms with E-state index in [9.17, 15) is 22.8 Å². The molecule has 3 amide bonds. The van der Waals surface area contributed by atoms with Gasteiger partial charge >= 0.3 is 12.2 Å². The fourth-order valence-corrected chi connectivity index (χ4v) is 4.59. The lowest BCUT2D eigenvalue weighted by molar-refractivity contribution is -0.143. The molecule has 1 aromatic carbocycles. The van der Waals surface area contributed by atoms with Gasteiger partial charge in [-0.15, -0.1) is 0 Å². The van der Waals surface area contributed by atoms with E-state index in [2.05, 4.69) is 20.5 Å². The molecule has 0 unspecified atom stereocenters. The summed E-state index contributed by atoms with van der Waals surface area (Å²) in [7, 11) is 0. The molecule has 2 aliphatic rings. The normalized spacial score (nSPS) is 18.3. The third-order valence-corrected chi connectivity index (χ3v) is 6.34. The van der Waals surface area contributed by atoms with E-state index < -0.39 is 24.5 Å². The Bertz CT molecular complexity index is 1120. The monoisotopic (exact) mass is 505 g/mol. The van der Waals surface area contributed by atoms with Crippen molar-refractivity contribution in [2.75, 3.05) is 54.9 Å². The number of morpholine rings is 1. The van der Waals surface area contributed by atoms with Crippen LogP contribution in [0.25, 0.3) is 11.1 Å². The summed E-state index contributed by atoms with van der Waals surface area (Å²) in [4.78, 5) is 32.6. The lowest BCUT2D eigenvalue weighted by Crippen LogP contribution is -2.36. The van der Waals surface area contributed by atoms with Gasteiger partial charge in [-0.2, -0.15) is 13.2 Å². The number of urea groups is 1. The first-order valence-corrected chi connectivity index (χ1v) is 11.9. The number of likely N-dealkylation sites (tertiary alicyclic amines) is 1. The zero-order chi connectivity index (χ0) is 25.9. The highest BCUT2D eigenvalue weighted by atomic mass is 19.4. The molecule has 2 saturated heterocycles. The Labute approximate surface area is 207 Å². The van der Waals surface area contributed by atoms with E-state index in [-0.39, 0.29) is 12.5 Å². The average Bonchev–Trinajstić information content (AvgIpc) is 3.27. The fraction of sp³-hybridized carbons (Fsp3) is 0.480. The molecule has 8 nitrogen and oxygen atoms in total. The van der Waals surface area contributed by atoms with E-state index >= 15 is 0 Å². The lowest BCUT2D eigenvalue weighted by Gasteiger charge is -2.28. The number of rotatable bonds is 5. The van der Waals surface area contributed by atoms with Crippen LogP contribution in [0.1, 0.15) is 25.3 Å². The van der Waals surface area contributed by atoms with Gasteiger partial charge in [-0.25, -0.2) is 9.78 Å². The minimum Gasteiger partial charge on any atom is -0.378 e.